The minimum Gasteiger partial charge on any atom is -0.295 e. The minimum atomic E-state index is 0.240. The standard InChI is InChI=1S/C9H10O/c1-2-5-8-6-3-4-7-9(8)10/h1,6H,3-5,7H2. The Labute approximate surface area is 61.1 Å². The van der Waals surface area contributed by atoms with Gasteiger partial charge in [-0.2, -0.15) is 0 Å². The van der Waals surface area contributed by atoms with Gasteiger partial charge in [0, 0.05) is 18.4 Å². The van der Waals surface area contributed by atoms with Crippen LogP contribution >= 0.6 is 0 Å². The molecule has 0 aliphatic heterocycles. The predicted molar refractivity (Wildman–Crippen MR) is 40.4 cm³/mol. The van der Waals surface area contributed by atoms with Gasteiger partial charge in [-0.1, -0.05) is 6.08 Å². The van der Waals surface area contributed by atoms with E-state index >= 15 is 0 Å². The number of ketones is 1. The molecule has 1 aliphatic carbocycles. The first-order valence-corrected chi connectivity index (χ1v) is 3.50. The Morgan fingerprint density at radius 1 is 1.70 bits per heavy atom. The highest BCUT2D eigenvalue weighted by Crippen LogP contribution is 2.15. The van der Waals surface area contributed by atoms with Crippen molar-refractivity contribution in [3.05, 3.63) is 11.6 Å². The van der Waals surface area contributed by atoms with Crippen molar-refractivity contribution in [2.75, 3.05) is 0 Å². The highest BCUT2D eigenvalue weighted by atomic mass is 16.1. The zero-order valence-electron chi connectivity index (χ0n) is 5.89. The minimum absolute atomic E-state index is 0.240. The van der Waals surface area contributed by atoms with Crippen molar-refractivity contribution in [2.24, 2.45) is 0 Å². The molecule has 0 N–H and O–H groups in total. The summed E-state index contributed by atoms with van der Waals surface area (Å²) in [6.07, 6.45) is 10.3. The number of carbonyl (C=O) groups excluding carboxylic acids is 1. The van der Waals surface area contributed by atoms with Crippen LogP contribution in [-0.4, -0.2) is 5.78 Å². The first kappa shape index (κ1) is 7.08. The lowest BCUT2D eigenvalue weighted by Gasteiger charge is -2.07. The quantitative estimate of drug-likeness (QED) is 0.499. The van der Waals surface area contributed by atoms with Crippen LogP contribution in [0.1, 0.15) is 25.7 Å². The number of terminal acetylenes is 1. The summed E-state index contributed by atoms with van der Waals surface area (Å²) in [6.45, 7) is 0. The zero-order chi connectivity index (χ0) is 7.40. The second kappa shape index (κ2) is 3.22. The average Bonchev–Trinajstić information content (AvgIpc) is 1.94. The van der Waals surface area contributed by atoms with Crippen molar-refractivity contribution in [1.82, 2.24) is 0 Å². The van der Waals surface area contributed by atoms with Crippen LogP contribution in [0.4, 0.5) is 0 Å². The summed E-state index contributed by atoms with van der Waals surface area (Å²) in [6, 6.07) is 0. The fourth-order valence-electron chi connectivity index (χ4n) is 1.09. The molecule has 0 bridgehead atoms. The van der Waals surface area contributed by atoms with Crippen LogP contribution in [0.25, 0.3) is 0 Å². The lowest BCUT2D eigenvalue weighted by atomic mass is 9.96. The third kappa shape index (κ3) is 1.48. The molecule has 52 valence electrons. The van der Waals surface area contributed by atoms with E-state index in [9.17, 15) is 4.79 Å². The van der Waals surface area contributed by atoms with Crippen LogP contribution in [0.15, 0.2) is 11.6 Å². The van der Waals surface area contributed by atoms with Gasteiger partial charge >= 0.3 is 0 Å². The van der Waals surface area contributed by atoms with E-state index < -0.39 is 0 Å². The summed E-state index contributed by atoms with van der Waals surface area (Å²) in [5, 5.41) is 0. The Balaban J connectivity index is 2.64. The second-order valence-electron chi connectivity index (χ2n) is 2.43. The maximum absolute atomic E-state index is 11.0. The van der Waals surface area contributed by atoms with E-state index in [1.165, 1.54) is 0 Å². The molecule has 1 heteroatoms. The fraction of sp³-hybridized carbons (Fsp3) is 0.444. The Bertz CT molecular complexity index is 205. The van der Waals surface area contributed by atoms with Crippen molar-refractivity contribution in [3.8, 4) is 12.3 Å². The first-order chi connectivity index (χ1) is 4.84. The van der Waals surface area contributed by atoms with Gasteiger partial charge in [0.05, 0.1) is 0 Å². The molecule has 0 unspecified atom stereocenters. The van der Waals surface area contributed by atoms with Gasteiger partial charge in [0.15, 0.2) is 5.78 Å². The van der Waals surface area contributed by atoms with Crippen LogP contribution < -0.4 is 0 Å². The SMILES string of the molecule is C#CCC1=CCCCC1=O. The summed E-state index contributed by atoms with van der Waals surface area (Å²) in [4.78, 5) is 11.0. The normalized spacial score (nSPS) is 17.9. The van der Waals surface area contributed by atoms with E-state index in [2.05, 4.69) is 5.92 Å². The maximum atomic E-state index is 11.0. The number of rotatable bonds is 1. The van der Waals surface area contributed by atoms with Gasteiger partial charge in [-0.05, 0) is 12.8 Å². The monoisotopic (exact) mass is 134 g/mol. The lowest BCUT2D eigenvalue weighted by molar-refractivity contribution is -0.116. The van der Waals surface area contributed by atoms with Gasteiger partial charge in [0.2, 0.25) is 0 Å². The molecular weight excluding hydrogens is 124 g/mol. The van der Waals surface area contributed by atoms with E-state index in [0.29, 0.717) is 12.8 Å². The van der Waals surface area contributed by atoms with Crippen molar-refractivity contribution in [3.63, 3.8) is 0 Å². The van der Waals surface area contributed by atoms with Gasteiger partial charge in [0.1, 0.15) is 0 Å². The zero-order valence-corrected chi connectivity index (χ0v) is 5.89. The fourth-order valence-corrected chi connectivity index (χ4v) is 1.09. The molecule has 0 fully saturated rings. The van der Waals surface area contributed by atoms with Gasteiger partial charge in [-0.25, -0.2) is 0 Å². The number of hydrogen-bond acceptors (Lipinski definition) is 1. The number of Topliss-reactive ketones (excluding diaryl/α,β-unsaturated/α-hetero) is 1. The van der Waals surface area contributed by atoms with Crippen molar-refractivity contribution < 1.29 is 4.79 Å². The van der Waals surface area contributed by atoms with Crippen molar-refractivity contribution in [1.29, 1.82) is 0 Å². The predicted octanol–water partition coefficient (Wildman–Crippen LogP) is 1.69. The van der Waals surface area contributed by atoms with E-state index in [4.69, 9.17) is 6.42 Å². The third-order valence-electron chi connectivity index (χ3n) is 1.65. The van der Waals surface area contributed by atoms with E-state index in [1.807, 2.05) is 6.08 Å². The van der Waals surface area contributed by atoms with Gasteiger partial charge in [0.25, 0.3) is 0 Å². The number of hydrogen-bond donors (Lipinski definition) is 0. The number of allylic oxidation sites excluding steroid dienone is 2. The van der Waals surface area contributed by atoms with Crippen molar-refractivity contribution >= 4 is 5.78 Å². The number of carbonyl (C=O) groups is 1. The van der Waals surface area contributed by atoms with Crippen LogP contribution in [0.2, 0.25) is 0 Å². The molecular formula is C9H10O. The lowest BCUT2D eigenvalue weighted by Crippen LogP contribution is -2.05. The Hall–Kier alpha value is -1.03. The summed E-state index contributed by atoms with van der Waals surface area (Å²) < 4.78 is 0. The molecule has 1 rings (SSSR count). The first-order valence-electron chi connectivity index (χ1n) is 3.50. The molecule has 1 aliphatic rings. The van der Waals surface area contributed by atoms with Gasteiger partial charge < -0.3 is 0 Å². The molecule has 0 saturated carbocycles. The summed E-state index contributed by atoms with van der Waals surface area (Å²) in [5.74, 6) is 2.72. The Morgan fingerprint density at radius 3 is 3.10 bits per heavy atom. The largest absolute Gasteiger partial charge is 0.295 e. The van der Waals surface area contributed by atoms with Crippen molar-refractivity contribution in [2.45, 2.75) is 25.7 Å². The maximum Gasteiger partial charge on any atom is 0.159 e. The second-order valence-corrected chi connectivity index (χ2v) is 2.43. The topological polar surface area (TPSA) is 17.1 Å². The van der Waals surface area contributed by atoms with Crippen LogP contribution in [-0.2, 0) is 4.79 Å². The van der Waals surface area contributed by atoms with Crippen LogP contribution in [0.5, 0.6) is 0 Å². The molecule has 1 nitrogen and oxygen atoms in total. The molecule has 0 spiro atoms. The molecule has 0 saturated heterocycles. The smallest absolute Gasteiger partial charge is 0.159 e. The van der Waals surface area contributed by atoms with E-state index in [1.54, 1.807) is 0 Å². The van der Waals surface area contributed by atoms with Crippen LogP contribution in [0, 0.1) is 12.3 Å². The highest BCUT2D eigenvalue weighted by molar-refractivity contribution is 5.96. The molecule has 0 atom stereocenters. The molecule has 0 aromatic heterocycles. The Morgan fingerprint density at radius 2 is 2.50 bits per heavy atom. The molecule has 0 heterocycles. The van der Waals surface area contributed by atoms with Gasteiger partial charge in [-0.3, -0.25) is 4.79 Å². The summed E-state index contributed by atoms with van der Waals surface area (Å²) in [5.41, 5.74) is 0.841. The molecule has 0 amide bonds. The summed E-state index contributed by atoms with van der Waals surface area (Å²) >= 11 is 0. The average molecular weight is 134 g/mol. The van der Waals surface area contributed by atoms with Gasteiger partial charge in [-0.15, -0.1) is 12.3 Å². The summed E-state index contributed by atoms with van der Waals surface area (Å²) in [7, 11) is 0. The molecule has 10 heavy (non-hydrogen) atoms. The molecule has 0 aromatic rings. The third-order valence-corrected chi connectivity index (χ3v) is 1.65. The van der Waals surface area contributed by atoms with E-state index in [-0.39, 0.29) is 5.78 Å². The Kier molecular flexibility index (Phi) is 2.28. The van der Waals surface area contributed by atoms with E-state index in [0.717, 1.165) is 18.4 Å². The molecule has 0 aromatic carbocycles. The van der Waals surface area contributed by atoms with Crippen LogP contribution in [0.3, 0.4) is 0 Å². The highest BCUT2D eigenvalue weighted by Gasteiger charge is 2.11. The molecule has 0 radical (unpaired) electrons.